The van der Waals surface area contributed by atoms with Crippen molar-refractivity contribution in [2.75, 3.05) is 24.5 Å². The summed E-state index contributed by atoms with van der Waals surface area (Å²) in [4.78, 5) is 2.40. The molecule has 3 heteroatoms. The molecular weight excluding hydrogens is 580 g/mol. The molecule has 0 N–H and O–H groups in total. The summed E-state index contributed by atoms with van der Waals surface area (Å²) >= 11 is 6.84. The Morgan fingerprint density at radius 1 is 0.761 bits per heavy atom. The lowest BCUT2D eigenvalue weighted by molar-refractivity contribution is -0.438. The minimum absolute atomic E-state index is 0.258. The van der Waals surface area contributed by atoms with Crippen molar-refractivity contribution in [2.45, 2.75) is 77.0 Å². The van der Waals surface area contributed by atoms with Gasteiger partial charge in [0.1, 0.15) is 6.54 Å². The molecule has 46 heavy (non-hydrogen) atoms. The van der Waals surface area contributed by atoms with Crippen molar-refractivity contribution in [2.24, 2.45) is 5.92 Å². The molecule has 0 amide bonds. The quantitative estimate of drug-likeness (QED) is 0.0993. The molecule has 0 saturated heterocycles. The van der Waals surface area contributed by atoms with Crippen molar-refractivity contribution >= 4 is 34.8 Å². The van der Waals surface area contributed by atoms with Crippen LogP contribution in [0.5, 0.6) is 0 Å². The number of fused-ring (bicyclic) bond motifs is 1. The summed E-state index contributed by atoms with van der Waals surface area (Å²) in [5.74, 6) is 0.933. The third kappa shape index (κ3) is 7.34. The van der Waals surface area contributed by atoms with E-state index in [0.29, 0.717) is 0 Å². The molecule has 4 aromatic rings. The normalized spacial score (nSPS) is 16.0. The summed E-state index contributed by atoms with van der Waals surface area (Å²) in [6.45, 7) is 7.50. The largest absolute Gasteiger partial charge is 0.372 e. The predicted octanol–water partition coefficient (Wildman–Crippen LogP) is 11.1. The Morgan fingerprint density at radius 3 is 2.00 bits per heavy atom. The van der Waals surface area contributed by atoms with Crippen LogP contribution in [0.3, 0.4) is 0 Å². The van der Waals surface area contributed by atoms with E-state index in [0.717, 1.165) is 43.4 Å². The van der Waals surface area contributed by atoms with Gasteiger partial charge in [-0.05, 0) is 86.1 Å². The van der Waals surface area contributed by atoms with Crippen LogP contribution in [0.15, 0.2) is 109 Å². The lowest BCUT2D eigenvalue weighted by Gasteiger charge is -2.28. The minimum atomic E-state index is -0.258. The maximum atomic E-state index is 6.84. The van der Waals surface area contributed by atoms with Gasteiger partial charge in [-0.15, -0.1) is 0 Å². The first kappa shape index (κ1) is 32.3. The van der Waals surface area contributed by atoms with Gasteiger partial charge in [-0.2, -0.15) is 4.58 Å². The fourth-order valence-electron chi connectivity index (χ4n) is 8.03. The van der Waals surface area contributed by atoms with Crippen molar-refractivity contribution in [1.82, 2.24) is 0 Å². The Balaban J connectivity index is 1.45. The second kappa shape index (κ2) is 15.3. The fraction of sp³-hybridized carbons (Fsp3) is 0.372. The smallest absolute Gasteiger partial charge is 0.209 e. The van der Waals surface area contributed by atoms with Gasteiger partial charge in [0.25, 0.3) is 0 Å². The molecule has 1 aliphatic carbocycles. The molecule has 2 aliphatic rings. The van der Waals surface area contributed by atoms with Gasteiger partial charge in [0, 0.05) is 47.9 Å². The number of anilines is 1. The predicted molar refractivity (Wildman–Crippen MR) is 198 cm³/mol. The van der Waals surface area contributed by atoms with Gasteiger partial charge in [-0.3, -0.25) is 0 Å². The summed E-state index contributed by atoms with van der Waals surface area (Å²) in [7, 11) is 0. The van der Waals surface area contributed by atoms with E-state index < -0.39 is 0 Å². The van der Waals surface area contributed by atoms with Gasteiger partial charge < -0.3 is 4.90 Å². The van der Waals surface area contributed by atoms with Crippen molar-refractivity contribution in [3.8, 4) is 0 Å². The lowest BCUT2D eigenvalue weighted by atomic mass is 9.69. The van der Waals surface area contributed by atoms with Crippen LogP contribution in [0, 0.1) is 5.92 Å². The molecule has 1 fully saturated rings. The highest BCUT2D eigenvalue weighted by molar-refractivity contribution is 6.30. The van der Waals surface area contributed by atoms with Gasteiger partial charge in [-0.25, -0.2) is 0 Å². The van der Waals surface area contributed by atoms with Gasteiger partial charge >= 0.3 is 0 Å². The Labute approximate surface area is 282 Å². The van der Waals surface area contributed by atoms with Crippen molar-refractivity contribution in [3.63, 3.8) is 0 Å². The highest BCUT2D eigenvalue weighted by Gasteiger charge is 2.51. The Kier molecular flexibility index (Phi) is 10.8. The first-order valence-corrected chi connectivity index (χ1v) is 18.0. The van der Waals surface area contributed by atoms with E-state index in [1.807, 2.05) is 0 Å². The van der Waals surface area contributed by atoms with Crippen LogP contribution < -0.4 is 4.90 Å². The molecule has 1 heterocycles. The van der Waals surface area contributed by atoms with Crippen LogP contribution in [-0.4, -0.2) is 29.9 Å². The van der Waals surface area contributed by atoms with E-state index in [9.17, 15) is 0 Å². The van der Waals surface area contributed by atoms with Gasteiger partial charge in [-0.1, -0.05) is 117 Å². The number of unbranched alkanes of at least 4 members (excludes halogenated alkanes) is 1. The maximum Gasteiger partial charge on any atom is 0.209 e. The van der Waals surface area contributed by atoms with Gasteiger partial charge in [0.05, 0.1) is 5.41 Å². The molecule has 0 spiro atoms. The molecule has 2 nitrogen and oxygen atoms in total. The minimum Gasteiger partial charge on any atom is -0.372 e. The summed E-state index contributed by atoms with van der Waals surface area (Å²) in [5.41, 5.74) is 8.99. The molecule has 1 aliphatic heterocycles. The molecule has 0 bridgehead atoms. The first-order valence-electron chi connectivity index (χ1n) is 17.7. The number of allylic oxidation sites excluding steroid dienone is 1. The Morgan fingerprint density at radius 2 is 1.39 bits per heavy atom. The fourth-order valence-corrected chi connectivity index (χ4v) is 8.20. The summed E-state index contributed by atoms with van der Waals surface area (Å²) in [6, 6.07) is 37.8. The molecule has 0 unspecified atom stereocenters. The molecule has 4 aromatic carbocycles. The van der Waals surface area contributed by atoms with Gasteiger partial charge in [0.15, 0.2) is 5.71 Å². The van der Waals surface area contributed by atoms with Crippen molar-refractivity contribution in [3.05, 3.63) is 136 Å². The van der Waals surface area contributed by atoms with Crippen LogP contribution in [0.4, 0.5) is 11.4 Å². The van der Waals surface area contributed by atoms with Crippen LogP contribution in [0.1, 0.15) is 81.0 Å². The molecule has 6 rings (SSSR count). The van der Waals surface area contributed by atoms with E-state index in [2.05, 4.69) is 139 Å². The Bertz CT molecular complexity index is 1570. The summed E-state index contributed by atoms with van der Waals surface area (Å²) in [6.07, 6.45) is 16.1. The monoisotopic (exact) mass is 629 g/mol. The number of halogens is 1. The number of benzene rings is 4. The average molecular weight is 630 g/mol. The Hall–Kier alpha value is -3.62. The standard InChI is InChI=1S/C43H50ClN2/c1-3-45(4-2)39-26-22-35(23-27-39)24-29-42-43(32-36-18-7-5-8-19-36,33-37-20-9-6-10-21-37)40-31-38(44)25-28-41(40)46(42)30-14-13-17-34-15-11-12-16-34/h5-10,18-29,31,34H,3-4,11-17,30,32-33H2,1-2H3/q+1. The molecular formula is C43H50ClN2+. The SMILES string of the molecule is CCN(CC)c1ccc(C=CC2=[N+](CCCCC3CCCC3)c3ccc(Cl)cc3C2(Cc2ccccc2)Cc2ccccc2)cc1. The molecule has 1 saturated carbocycles. The summed E-state index contributed by atoms with van der Waals surface area (Å²) in [5, 5.41) is 0.808. The second-order valence-electron chi connectivity index (χ2n) is 13.3. The number of hydrogen-bond donors (Lipinski definition) is 0. The third-order valence-corrected chi connectivity index (χ3v) is 10.7. The van der Waals surface area contributed by atoms with Crippen LogP contribution in [0.25, 0.3) is 6.08 Å². The highest BCUT2D eigenvalue weighted by atomic mass is 35.5. The van der Waals surface area contributed by atoms with E-state index in [1.54, 1.807) is 0 Å². The molecule has 0 atom stereocenters. The second-order valence-corrected chi connectivity index (χ2v) is 13.8. The van der Waals surface area contributed by atoms with E-state index in [1.165, 1.54) is 84.3 Å². The van der Waals surface area contributed by atoms with Crippen molar-refractivity contribution in [1.29, 1.82) is 0 Å². The zero-order valence-corrected chi connectivity index (χ0v) is 28.6. The first-order chi connectivity index (χ1) is 22.6. The average Bonchev–Trinajstić information content (AvgIpc) is 3.69. The van der Waals surface area contributed by atoms with Gasteiger partial charge in [0.2, 0.25) is 5.69 Å². The number of hydrogen-bond acceptors (Lipinski definition) is 1. The topological polar surface area (TPSA) is 6.25 Å². The molecule has 0 aromatic heterocycles. The van der Waals surface area contributed by atoms with Crippen molar-refractivity contribution < 1.29 is 4.58 Å². The lowest BCUT2D eigenvalue weighted by Crippen LogP contribution is -2.39. The molecule has 238 valence electrons. The number of rotatable bonds is 14. The summed E-state index contributed by atoms with van der Waals surface area (Å²) < 4.78 is 2.65. The highest BCUT2D eigenvalue weighted by Crippen LogP contribution is 2.46. The molecule has 0 radical (unpaired) electrons. The van der Waals surface area contributed by atoms with Crippen LogP contribution in [0.2, 0.25) is 5.02 Å². The van der Waals surface area contributed by atoms with E-state index >= 15 is 0 Å². The van der Waals surface area contributed by atoms with E-state index in [4.69, 9.17) is 11.6 Å². The van der Waals surface area contributed by atoms with Crippen LogP contribution >= 0.6 is 11.6 Å². The third-order valence-electron chi connectivity index (χ3n) is 10.4. The maximum absolute atomic E-state index is 6.84. The number of nitrogens with zero attached hydrogens (tertiary/aromatic N) is 2. The zero-order valence-electron chi connectivity index (χ0n) is 27.8. The van der Waals surface area contributed by atoms with E-state index in [-0.39, 0.29) is 5.41 Å². The van der Waals surface area contributed by atoms with Crippen LogP contribution in [-0.2, 0) is 18.3 Å². The zero-order chi connectivity index (χ0) is 31.8.